The van der Waals surface area contributed by atoms with Crippen LogP contribution < -0.4 is 0 Å². The van der Waals surface area contributed by atoms with Crippen molar-refractivity contribution in [2.24, 2.45) is 16.2 Å². The molecule has 3 aliphatic carbocycles. The Hall–Kier alpha value is -0.300. The van der Waals surface area contributed by atoms with Crippen LogP contribution in [0.3, 0.4) is 0 Å². The van der Waals surface area contributed by atoms with Crippen LogP contribution in [0.2, 0.25) is 0 Å². The second-order valence-corrected chi connectivity index (χ2v) is 6.62. The first-order valence-corrected chi connectivity index (χ1v) is 6.04. The first-order valence-electron chi connectivity index (χ1n) is 6.04. The average molecular weight is 208 g/mol. The van der Waals surface area contributed by atoms with Crippen molar-refractivity contribution in [3.63, 3.8) is 0 Å². The van der Waals surface area contributed by atoms with Gasteiger partial charge in [-0.05, 0) is 32.1 Å². The van der Waals surface area contributed by atoms with Crippen LogP contribution in [0.4, 0.5) is 0 Å². The molecule has 1 fully saturated rings. The van der Waals surface area contributed by atoms with Crippen LogP contribution in [-0.4, -0.2) is 11.2 Å². The Morgan fingerprint density at radius 3 is 2.07 bits per heavy atom. The lowest BCUT2D eigenvalue weighted by Gasteiger charge is -2.64. The summed E-state index contributed by atoms with van der Waals surface area (Å²) in [7, 11) is 0. The second-order valence-electron chi connectivity index (χ2n) is 6.62. The third-order valence-electron chi connectivity index (χ3n) is 6.10. The van der Waals surface area contributed by atoms with Crippen molar-refractivity contribution in [3.8, 4) is 0 Å². The quantitative estimate of drug-likeness (QED) is 0.604. The molecule has 1 heteroatoms. The van der Waals surface area contributed by atoms with E-state index in [0.717, 1.165) is 6.42 Å². The van der Waals surface area contributed by atoms with Gasteiger partial charge in [-0.3, -0.25) is 0 Å². The van der Waals surface area contributed by atoms with E-state index < -0.39 is 0 Å². The zero-order valence-corrected chi connectivity index (χ0v) is 10.9. The van der Waals surface area contributed by atoms with Crippen molar-refractivity contribution in [1.82, 2.24) is 0 Å². The van der Waals surface area contributed by atoms with Crippen molar-refractivity contribution < 1.29 is 5.11 Å². The van der Waals surface area contributed by atoms with Crippen molar-refractivity contribution in [2.45, 2.75) is 60.5 Å². The molecule has 15 heavy (non-hydrogen) atoms. The van der Waals surface area contributed by atoms with Gasteiger partial charge in [0, 0.05) is 10.8 Å². The Labute approximate surface area is 93.6 Å². The molecule has 0 aliphatic heterocycles. The van der Waals surface area contributed by atoms with Gasteiger partial charge in [-0.15, -0.1) is 0 Å². The minimum absolute atomic E-state index is 0.00356. The monoisotopic (exact) mass is 208 g/mol. The summed E-state index contributed by atoms with van der Waals surface area (Å²) in [6.45, 7) is 13.5. The van der Waals surface area contributed by atoms with Crippen LogP contribution in [0.15, 0.2) is 11.1 Å². The summed E-state index contributed by atoms with van der Waals surface area (Å²) in [5, 5.41) is 10.6. The van der Waals surface area contributed by atoms with E-state index in [1.165, 1.54) is 17.6 Å². The largest absolute Gasteiger partial charge is 0.392 e. The molecule has 0 aromatic heterocycles. The molecule has 3 aliphatic rings. The van der Waals surface area contributed by atoms with Crippen LogP contribution in [0.1, 0.15) is 54.4 Å². The lowest BCUT2D eigenvalue weighted by Crippen LogP contribution is -2.61. The molecule has 1 N–H and O–H groups in total. The maximum absolute atomic E-state index is 10.6. The topological polar surface area (TPSA) is 20.2 Å². The molecule has 0 spiro atoms. The molecule has 1 saturated carbocycles. The molecule has 86 valence electrons. The summed E-state index contributed by atoms with van der Waals surface area (Å²) in [6, 6.07) is 0. The molecule has 0 heterocycles. The first kappa shape index (κ1) is 11.2. The molecule has 1 nitrogen and oxygen atoms in total. The molecule has 3 rings (SSSR count). The fourth-order valence-electron chi connectivity index (χ4n) is 3.97. The van der Waals surface area contributed by atoms with Crippen molar-refractivity contribution in [2.75, 3.05) is 0 Å². The molecule has 0 radical (unpaired) electrons. The van der Waals surface area contributed by atoms with Gasteiger partial charge >= 0.3 is 0 Å². The van der Waals surface area contributed by atoms with Gasteiger partial charge in [-0.2, -0.15) is 0 Å². The summed E-state index contributed by atoms with van der Waals surface area (Å²) in [6.07, 6.45) is 2.15. The third kappa shape index (κ3) is 0.982. The highest BCUT2D eigenvalue weighted by atomic mass is 16.3. The average Bonchev–Trinajstić information content (AvgIpc) is 2.17. The summed E-state index contributed by atoms with van der Waals surface area (Å²) >= 11 is 0. The lowest BCUT2D eigenvalue weighted by atomic mass is 9.42. The van der Waals surface area contributed by atoms with Gasteiger partial charge in [0.1, 0.15) is 0 Å². The van der Waals surface area contributed by atoms with E-state index >= 15 is 0 Å². The van der Waals surface area contributed by atoms with E-state index in [1.54, 1.807) is 0 Å². The summed E-state index contributed by atoms with van der Waals surface area (Å²) in [4.78, 5) is 0. The molecule has 3 unspecified atom stereocenters. The number of allylic oxidation sites excluding steroid dienone is 1. The Balaban J connectivity index is 2.69. The number of hydrogen-bond acceptors (Lipinski definition) is 1. The molecule has 3 atom stereocenters. The highest BCUT2D eigenvalue weighted by Crippen LogP contribution is 2.66. The summed E-state index contributed by atoms with van der Waals surface area (Å²) in [5.41, 5.74) is 3.16. The Bertz CT molecular complexity index is 339. The smallest absolute Gasteiger partial charge is 0.0689 e. The minimum atomic E-state index is -0.201. The first-order chi connectivity index (χ1) is 6.68. The zero-order chi connectivity index (χ0) is 11.6. The second kappa shape index (κ2) is 2.68. The zero-order valence-electron chi connectivity index (χ0n) is 10.9. The SMILES string of the molecule is CC1=C(C)C2(C)CCC1(C)C(O)C2(C)C. The highest BCUT2D eigenvalue weighted by Gasteiger charge is 2.61. The lowest BCUT2D eigenvalue weighted by molar-refractivity contribution is -0.142. The third-order valence-corrected chi connectivity index (χ3v) is 6.10. The molecule has 0 amide bonds. The van der Waals surface area contributed by atoms with E-state index in [9.17, 15) is 5.11 Å². The van der Waals surface area contributed by atoms with E-state index in [2.05, 4.69) is 41.5 Å². The number of aliphatic hydroxyl groups is 1. The van der Waals surface area contributed by atoms with Crippen molar-refractivity contribution in [3.05, 3.63) is 11.1 Å². The normalized spacial score (nSPS) is 48.6. The van der Waals surface area contributed by atoms with Gasteiger partial charge in [-0.1, -0.05) is 38.8 Å². The minimum Gasteiger partial charge on any atom is -0.392 e. The van der Waals surface area contributed by atoms with E-state index in [0.29, 0.717) is 0 Å². The number of aliphatic hydroxyl groups excluding tert-OH is 1. The Kier molecular flexibility index (Phi) is 2.00. The fraction of sp³-hybridized carbons (Fsp3) is 0.857. The van der Waals surface area contributed by atoms with Crippen LogP contribution in [-0.2, 0) is 0 Å². The molecular weight excluding hydrogens is 184 g/mol. The van der Waals surface area contributed by atoms with Gasteiger partial charge < -0.3 is 5.11 Å². The predicted octanol–water partition coefficient (Wildman–Crippen LogP) is 3.53. The molecule has 0 aromatic rings. The Morgan fingerprint density at radius 2 is 1.53 bits per heavy atom. The standard InChI is InChI=1S/C14H24O/c1-9-10(2)14(6)8-7-13(9,5)11(15)12(14,3)4/h11,15H,7-8H2,1-6H3. The maximum atomic E-state index is 10.6. The van der Waals surface area contributed by atoms with E-state index in [-0.39, 0.29) is 22.3 Å². The number of fused-ring (bicyclic) bond motifs is 2. The molecule has 0 aromatic carbocycles. The maximum Gasteiger partial charge on any atom is 0.0689 e. The van der Waals surface area contributed by atoms with Crippen molar-refractivity contribution in [1.29, 1.82) is 0 Å². The summed E-state index contributed by atoms with van der Waals surface area (Å²) < 4.78 is 0. The van der Waals surface area contributed by atoms with Crippen LogP contribution in [0.25, 0.3) is 0 Å². The molecule has 0 saturated heterocycles. The van der Waals surface area contributed by atoms with Crippen LogP contribution in [0, 0.1) is 16.2 Å². The molecular formula is C14H24O. The van der Waals surface area contributed by atoms with E-state index in [4.69, 9.17) is 0 Å². The molecule has 2 bridgehead atoms. The summed E-state index contributed by atoms with van der Waals surface area (Å²) in [5.74, 6) is 0. The van der Waals surface area contributed by atoms with Gasteiger partial charge in [-0.25, -0.2) is 0 Å². The van der Waals surface area contributed by atoms with Gasteiger partial charge in [0.05, 0.1) is 6.10 Å². The van der Waals surface area contributed by atoms with E-state index in [1.807, 2.05) is 0 Å². The van der Waals surface area contributed by atoms with Gasteiger partial charge in [0.2, 0.25) is 0 Å². The number of rotatable bonds is 0. The van der Waals surface area contributed by atoms with Crippen LogP contribution >= 0.6 is 0 Å². The fourth-order valence-corrected chi connectivity index (χ4v) is 3.97. The highest BCUT2D eigenvalue weighted by molar-refractivity contribution is 5.36. The van der Waals surface area contributed by atoms with Crippen molar-refractivity contribution >= 4 is 0 Å². The van der Waals surface area contributed by atoms with Crippen LogP contribution in [0.5, 0.6) is 0 Å². The number of hydrogen-bond donors (Lipinski definition) is 1. The predicted molar refractivity (Wildman–Crippen MR) is 63.6 cm³/mol. The van der Waals surface area contributed by atoms with Gasteiger partial charge in [0.15, 0.2) is 0 Å². The Morgan fingerprint density at radius 1 is 1.00 bits per heavy atom. The van der Waals surface area contributed by atoms with Gasteiger partial charge in [0.25, 0.3) is 0 Å².